The molecule has 0 spiro atoms. The molecule has 0 aliphatic rings. The van der Waals surface area contributed by atoms with E-state index in [1.807, 2.05) is 0 Å². The van der Waals surface area contributed by atoms with Crippen molar-refractivity contribution >= 4 is 12.2 Å². The van der Waals surface area contributed by atoms with E-state index in [0.29, 0.717) is 0 Å². The molecule has 1 atom stereocenters. The van der Waals surface area contributed by atoms with E-state index in [4.69, 9.17) is 0 Å². The summed E-state index contributed by atoms with van der Waals surface area (Å²) in [6.07, 6.45) is 1.55. The molecule has 0 aliphatic carbocycles. The Bertz CT molecular complexity index is 120. The maximum Gasteiger partial charge on any atom is 0.313 e. The van der Waals surface area contributed by atoms with Crippen molar-refractivity contribution in [3.8, 4) is 0 Å². The van der Waals surface area contributed by atoms with Crippen molar-refractivity contribution in [2.24, 2.45) is 10.9 Å². The minimum absolute atomic E-state index is 0.222. The van der Waals surface area contributed by atoms with Gasteiger partial charge in [-0.1, -0.05) is 0 Å². The van der Waals surface area contributed by atoms with Crippen LogP contribution in [0.1, 0.15) is 6.92 Å². The zero-order chi connectivity index (χ0) is 7.28. The molecule has 0 aromatic carbocycles. The largest absolute Gasteiger partial charge is 0.469 e. The summed E-state index contributed by atoms with van der Waals surface area (Å²) in [5, 5.41) is 0. The van der Waals surface area contributed by atoms with Crippen molar-refractivity contribution in [1.82, 2.24) is 0 Å². The molecule has 0 amide bonds. The van der Waals surface area contributed by atoms with Gasteiger partial charge in [-0.15, -0.1) is 0 Å². The number of nitrogens with zero attached hydrogens (tertiary/aromatic N) is 1. The zero-order valence-corrected chi connectivity index (χ0v) is 5.92. The fourth-order valence-electron chi connectivity index (χ4n) is 0.470. The van der Waals surface area contributed by atoms with E-state index in [0.717, 1.165) is 0 Å². The molecule has 52 valence electrons. The lowest BCUT2D eigenvalue weighted by Gasteiger charge is -1.99. The third kappa shape index (κ3) is 2.85. The van der Waals surface area contributed by atoms with Gasteiger partial charge >= 0.3 is 5.97 Å². The molecule has 1 unspecified atom stereocenters. The number of carbonyl (C=O) groups is 1. The lowest BCUT2D eigenvalue weighted by molar-refractivity contribution is -0.142. The summed E-state index contributed by atoms with van der Waals surface area (Å²) in [7, 11) is 2.99. The van der Waals surface area contributed by atoms with Gasteiger partial charge in [0.2, 0.25) is 0 Å². The van der Waals surface area contributed by atoms with E-state index < -0.39 is 0 Å². The molecular formula is C6H11NO2. The lowest BCUT2D eigenvalue weighted by Crippen LogP contribution is -2.13. The highest BCUT2D eigenvalue weighted by Crippen LogP contribution is 1.91. The maximum absolute atomic E-state index is 10.6. The monoisotopic (exact) mass is 129 g/mol. The average molecular weight is 129 g/mol. The van der Waals surface area contributed by atoms with Crippen molar-refractivity contribution in [3.63, 3.8) is 0 Å². The molecule has 0 heterocycles. The molecule has 9 heavy (non-hydrogen) atoms. The van der Waals surface area contributed by atoms with Crippen LogP contribution in [0.3, 0.4) is 0 Å². The molecule has 0 aromatic rings. The molecule has 0 fully saturated rings. The first-order valence-electron chi connectivity index (χ1n) is 2.72. The molecule has 0 bridgehead atoms. The summed E-state index contributed by atoms with van der Waals surface area (Å²) in [5.74, 6) is -0.472. The van der Waals surface area contributed by atoms with Gasteiger partial charge in [0.1, 0.15) is 0 Å². The van der Waals surface area contributed by atoms with Gasteiger partial charge in [0, 0.05) is 13.3 Å². The average Bonchev–Trinajstić information content (AvgIpc) is 1.87. The molecule has 0 radical (unpaired) electrons. The zero-order valence-electron chi connectivity index (χ0n) is 5.92. The predicted octanol–water partition coefficient (Wildman–Crippen LogP) is 0.496. The fraction of sp³-hybridized carbons (Fsp3) is 0.667. The van der Waals surface area contributed by atoms with Crippen LogP contribution in [0.15, 0.2) is 4.99 Å². The smallest absolute Gasteiger partial charge is 0.313 e. The standard InChI is InChI=1S/C6H11NO2/c1-5(4-7-2)6(8)9-3/h4-5H,1-3H3. The Hall–Kier alpha value is -0.860. The summed E-state index contributed by atoms with van der Waals surface area (Å²) in [6.45, 7) is 1.73. The lowest BCUT2D eigenvalue weighted by atomic mass is 10.2. The minimum Gasteiger partial charge on any atom is -0.469 e. The summed E-state index contributed by atoms with van der Waals surface area (Å²) in [5.41, 5.74) is 0. The molecule has 0 saturated carbocycles. The Morgan fingerprint density at radius 2 is 2.33 bits per heavy atom. The Balaban J connectivity index is 3.72. The molecule has 3 heteroatoms. The Labute approximate surface area is 54.7 Å². The second-order valence-electron chi connectivity index (χ2n) is 1.72. The number of hydrogen-bond donors (Lipinski definition) is 0. The van der Waals surface area contributed by atoms with Crippen LogP contribution in [0.4, 0.5) is 0 Å². The molecule has 3 nitrogen and oxygen atoms in total. The van der Waals surface area contributed by atoms with Crippen LogP contribution < -0.4 is 0 Å². The van der Waals surface area contributed by atoms with Crippen molar-refractivity contribution in [3.05, 3.63) is 0 Å². The van der Waals surface area contributed by atoms with E-state index in [2.05, 4.69) is 9.73 Å². The van der Waals surface area contributed by atoms with Crippen LogP contribution in [0.2, 0.25) is 0 Å². The number of ether oxygens (including phenoxy) is 1. The number of aliphatic imine (C=N–C) groups is 1. The van der Waals surface area contributed by atoms with Crippen LogP contribution in [0, 0.1) is 5.92 Å². The molecular weight excluding hydrogens is 118 g/mol. The topological polar surface area (TPSA) is 38.7 Å². The van der Waals surface area contributed by atoms with Gasteiger partial charge in [-0.3, -0.25) is 9.79 Å². The Kier molecular flexibility index (Phi) is 3.67. The highest BCUT2D eigenvalue weighted by Gasteiger charge is 2.07. The number of carbonyl (C=O) groups excluding carboxylic acids is 1. The Morgan fingerprint density at radius 3 is 2.67 bits per heavy atom. The first-order valence-corrected chi connectivity index (χ1v) is 2.72. The van der Waals surface area contributed by atoms with E-state index >= 15 is 0 Å². The fourth-order valence-corrected chi connectivity index (χ4v) is 0.470. The van der Waals surface area contributed by atoms with Crippen molar-refractivity contribution in [2.75, 3.05) is 14.2 Å². The number of hydrogen-bond acceptors (Lipinski definition) is 3. The van der Waals surface area contributed by atoms with Crippen LogP contribution in [0.5, 0.6) is 0 Å². The maximum atomic E-state index is 10.6. The van der Waals surface area contributed by atoms with Crippen molar-refractivity contribution in [1.29, 1.82) is 0 Å². The quantitative estimate of drug-likeness (QED) is 0.402. The highest BCUT2D eigenvalue weighted by atomic mass is 16.5. The van der Waals surface area contributed by atoms with E-state index in [9.17, 15) is 4.79 Å². The van der Waals surface area contributed by atoms with Crippen molar-refractivity contribution < 1.29 is 9.53 Å². The Morgan fingerprint density at radius 1 is 1.78 bits per heavy atom. The minimum atomic E-state index is -0.249. The van der Waals surface area contributed by atoms with Crippen LogP contribution in [-0.4, -0.2) is 26.3 Å². The van der Waals surface area contributed by atoms with Gasteiger partial charge in [0.15, 0.2) is 0 Å². The first kappa shape index (κ1) is 8.14. The number of esters is 1. The summed E-state index contributed by atoms with van der Waals surface area (Å²) < 4.78 is 4.43. The van der Waals surface area contributed by atoms with E-state index in [1.54, 1.807) is 20.2 Å². The van der Waals surface area contributed by atoms with Gasteiger partial charge < -0.3 is 4.74 Å². The summed E-state index contributed by atoms with van der Waals surface area (Å²) in [4.78, 5) is 14.3. The second-order valence-corrected chi connectivity index (χ2v) is 1.72. The SMILES string of the molecule is CN=CC(C)C(=O)OC. The van der Waals surface area contributed by atoms with Gasteiger partial charge in [-0.2, -0.15) is 0 Å². The third-order valence-corrected chi connectivity index (χ3v) is 0.946. The van der Waals surface area contributed by atoms with Crippen LogP contribution >= 0.6 is 0 Å². The third-order valence-electron chi connectivity index (χ3n) is 0.946. The van der Waals surface area contributed by atoms with E-state index in [-0.39, 0.29) is 11.9 Å². The molecule has 0 rings (SSSR count). The second kappa shape index (κ2) is 4.06. The van der Waals surface area contributed by atoms with Crippen LogP contribution in [0.25, 0.3) is 0 Å². The van der Waals surface area contributed by atoms with Gasteiger partial charge in [-0.25, -0.2) is 0 Å². The summed E-state index contributed by atoms with van der Waals surface area (Å²) >= 11 is 0. The predicted molar refractivity (Wildman–Crippen MR) is 35.6 cm³/mol. The molecule has 0 aliphatic heterocycles. The van der Waals surface area contributed by atoms with E-state index in [1.165, 1.54) is 7.11 Å². The van der Waals surface area contributed by atoms with Crippen LogP contribution in [-0.2, 0) is 9.53 Å². The molecule has 0 saturated heterocycles. The first-order chi connectivity index (χ1) is 4.22. The normalized spacial score (nSPS) is 13.7. The highest BCUT2D eigenvalue weighted by molar-refractivity contribution is 5.89. The number of rotatable bonds is 2. The van der Waals surface area contributed by atoms with Gasteiger partial charge in [-0.05, 0) is 6.92 Å². The van der Waals surface area contributed by atoms with Gasteiger partial charge in [0.05, 0.1) is 13.0 Å². The molecule has 0 N–H and O–H groups in total. The summed E-state index contributed by atoms with van der Waals surface area (Å²) in [6, 6.07) is 0. The molecule has 0 aromatic heterocycles. The van der Waals surface area contributed by atoms with Crippen molar-refractivity contribution in [2.45, 2.75) is 6.92 Å². The number of methoxy groups -OCH3 is 1. The van der Waals surface area contributed by atoms with Gasteiger partial charge in [0.25, 0.3) is 0 Å².